The summed E-state index contributed by atoms with van der Waals surface area (Å²) in [6, 6.07) is 10.9. The van der Waals surface area contributed by atoms with Crippen LogP contribution in [0.1, 0.15) is 83.6 Å². The van der Waals surface area contributed by atoms with Crippen molar-refractivity contribution in [3.8, 4) is 0 Å². The van der Waals surface area contributed by atoms with E-state index in [1.54, 1.807) is 0 Å². The van der Waals surface area contributed by atoms with E-state index in [4.69, 9.17) is 0 Å². The Hall–Kier alpha value is -0.780. The number of rotatable bonds is 10. The van der Waals surface area contributed by atoms with Crippen molar-refractivity contribution in [1.82, 2.24) is 0 Å². The predicted molar refractivity (Wildman–Crippen MR) is 86.6 cm³/mol. The molecule has 0 saturated carbocycles. The monoisotopic (exact) mass is 260 g/mol. The smallest absolute Gasteiger partial charge is 0.0190 e. The van der Waals surface area contributed by atoms with E-state index in [1.807, 2.05) is 0 Å². The van der Waals surface area contributed by atoms with Gasteiger partial charge in [0.2, 0.25) is 0 Å². The Kier molecular flexibility index (Phi) is 8.62. The Balaban J connectivity index is 1.99. The molecule has 108 valence electrons. The summed E-state index contributed by atoms with van der Waals surface area (Å²) >= 11 is 0. The van der Waals surface area contributed by atoms with Gasteiger partial charge in [-0.2, -0.15) is 0 Å². The molecular weight excluding hydrogens is 228 g/mol. The van der Waals surface area contributed by atoms with Crippen molar-refractivity contribution < 1.29 is 0 Å². The van der Waals surface area contributed by atoms with Crippen molar-refractivity contribution in [3.05, 3.63) is 35.9 Å². The Labute approximate surface area is 120 Å². The fraction of sp³-hybridized carbons (Fsp3) is 0.684. The molecule has 0 spiro atoms. The highest BCUT2D eigenvalue weighted by Crippen LogP contribution is 2.22. The molecule has 1 aromatic rings. The van der Waals surface area contributed by atoms with Crippen molar-refractivity contribution in [2.45, 2.75) is 78.1 Å². The standard InChI is InChI=1S/C19H32/c1-4-17(2)13-9-6-5-7-10-14-18(3)19-15-11-8-12-16-19/h8,11-12,15-18H,4-7,9-10,13-14H2,1-3H3. The van der Waals surface area contributed by atoms with Crippen molar-refractivity contribution in [2.75, 3.05) is 0 Å². The topological polar surface area (TPSA) is 0 Å². The highest BCUT2D eigenvalue weighted by Gasteiger charge is 2.04. The van der Waals surface area contributed by atoms with Crippen LogP contribution in [-0.2, 0) is 0 Å². The first kappa shape index (κ1) is 16.3. The van der Waals surface area contributed by atoms with Gasteiger partial charge < -0.3 is 0 Å². The summed E-state index contributed by atoms with van der Waals surface area (Å²) in [5, 5.41) is 0. The molecule has 1 aromatic carbocycles. The Morgan fingerprint density at radius 3 is 2.00 bits per heavy atom. The van der Waals surface area contributed by atoms with Crippen molar-refractivity contribution in [3.63, 3.8) is 0 Å². The van der Waals surface area contributed by atoms with Gasteiger partial charge >= 0.3 is 0 Å². The van der Waals surface area contributed by atoms with Crippen LogP contribution in [0, 0.1) is 5.92 Å². The summed E-state index contributed by atoms with van der Waals surface area (Å²) in [5.74, 6) is 1.65. The average Bonchev–Trinajstić information content (AvgIpc) is 2.46. The predicted octanol–water partition coefficient (Wildman–Crippen LogP) is 6.57. The van der Waals surface area contributed by atoms with E-state index in [0.717, 1.165) is 11.8 Å². The molecule has 0 aromatic heterocycles. The third kappa shape index (κ3) is 7.40. The van der Waals surface area contributed by atoms with E-state index >= 15 is 0 Å². The Bertz CT molecular complexity index is 301. The fourth-order valence-electron chi connectivity index (χ4n) is 2.63. The van der Waals surface area contributed by atoms with E-state index in [0.29, 0.717) is 0 Å². The van der Waals surface area contributed by atoms with Gasteiger partial charge in [-0.1, -0.05) is 96.0 Å². The molecule has 0 N–H and O–H groups in total. The Morgan fingerprint density at radius 1 is 0.789 bits per heavy atom. The van der Waals surface area contributed by atoms with Crippen LogP contribution in [0.15, 0.2) is 30.3 Å². The molecule has 1 rings (SSSR count). The van der Waals surface area contributed by atoms with Gasteiger partial charge in [0.25, 0.3) is 0 Å². The average molecular weight is 260 g/mol. The molecule has 0 aliphatic rings. The minimum atomic E-state index is 0.723. The first-order valence-electron chi connectivity index (χ1n) is 8.29. The lowest BCUT2D eigenvalue weighted by atomic mass is 9.94. The lowest BCUT2D eigenvalue weighted by molar-refractivity contribution is 0.468. The summed E-state index contributed by atoms with van der Waals surface area (Å²) in [5.41, 5.74) is 1.50. The zero-order chi connectivity index (χ0) is 13.9. The fourth-order valence-corrected chi connectivity index (χ4v) is 2.63. The minimum absolute atomic E-state index is 0.723. The molecule has 0 aliphatic heterocycles. The summed E-state index contributed by atoms with van der Waals surface area (Å²) < 4.78 is 0. The van der Waals surface area contributed by atoms with Gasteiger partial charge in [-0.15, -0.1) is 0 Å². The number of hydrogen-bond donors (Lipinski definition) is 0. The lowest BCUT2D eigenvalue weighted by Gasteiger charge is -2.11. The highest BCUT2D eigenvalue weighted by molar-refractivity contribution is 5.18. The molecule has 0 amide bonds. The van der Waals surface area contributed by atoms with Gasteiger partial charge in [-0.3, -0.25) is 0 Å². The van der Waals surface area contributed by atoms with Gasteiger partial charge in [-0.05, 0) is 23.8 Å². The normalized spacial score (nSPS) is 14.3. The quantitative estimate of drug-likeness (QED) is 0.417. The van der Waals surface area contributed by atoms with Crippen LogP contribution >= 0.6 is 0 Å². The first-order valence-corrected chi connectivity index (χ1v) is 8.29. The van der Waals surface area contributed by atoms with Gasteiger partial charge in [0.15, 0.2) is 0 Å². The maximum atomic E-state index is 2.38. The van der Waals surface area contributed by atoms with Gasteiger partial charge in [0, 0.05) is 0 Å². The zero-order valence-corrected chi connectivity index (χ0v) is 13.2. The van der Waals surface area contributed by atoms with Crippen LogP contribution in [0.2, 0.25) is 0 Å². The third-order valence-corrected chi connectivity index (χ3v) is 4.40. The molecule has 0 heterocycles. The van der Waals surface area contributed by atoms with Gasteiger partial charge in [0.05, 0.1) is 0 Å². The van der Waals surface area contributed by atoms with Gasteiger partial charge in [-0.25, -0.2) is 0 Å². The molecule has 2 atom stereocenters. The molecule has 0 heteroatoms. The van der Waals surface area contributed by atoms with Crippen molar-refractivity contribution >= 4 is 0 Å². The second kappa shape index (κ2) is 10.1. The molecule has 0 bridgehead atoms. The van der Waals surface area contributed by atoms with Gasteiger partial charge in [0.1, 0.15) is 0 Å². The number of benzene rings is 1. The summed E-state index contributed by atoms with van der Waals surface area (Å²) in [6.45, 7) is 7.04. The maximum absolute atomic E-state index is 2.38. The SMILES string of the molecule is CCC(C)CCCCCCCC(C)c1ccccc1. The molecule has 0 nitrogen and oxygen atoms in total. The number of hydrogen-bond acceptors (Lipinski definition) is 0. The second-order valence-electron chi connectivity index (χ2n) is 6.17. The minimum Gasteiger partial charge on any atom is -0.0651 e. The molecule has 19 heavy (non-hydrogen) atoms. The summed E-state index contributed by atoms with van der Waals surface area (Å²) in [6.07, 6.45) is 11.2. The van der Waals surface area contributed by atoms with E-state index in [-0.39, 0.29) is 0 Å². The van der Waals surface area contributed by atoms with E-state index < -0.39 is 0 Å². The molecule has 0 saturated heterocycles. The largest absolute Gasteiger partial charge is 0.0651 e. The zero-order valence-electron chi connectivity index (χ0n) is 13.2. The molecular formula is C19H32. The van der Waals surface area contributed by atoms with Crippen LogP contribution in [0.25, 0.3) is 0 Å². The number of unbranched alkanes of at least 4 members (excludes halogenated alkanes) is 4. The molecule has 0 aliphatic carbocycles. The van der Waals surface area contributed by atoms with Crippen LogP contribution in [0.5, 0.6) is 0 Å². The molecule has 0 radical (unpaired) electrons. The van der Waals surface area contributed by atoms with Crippen molar-refractivity contribution in [1.29, 1.82) is 0 Å². The Morgan fingerprint density at radius 2 is 1.37 bits per heavy atom. The summed E-state index contributed by atoms with van der Waals surface area (Å²) in [7, 11) is 0. The highest BCUT2D eigenvalue weighted by atomic mass is 14.1. The summed E-state index contributed by atoms with van der Waals surface area (Å²) in [4.78, 5) is 0. The third-order valence-electron chi connectivity index (χ3n) is 4.40. The second-order valence-corrected chi connectivity index (χ2v) is 6.17. The van der Waals surface area contributed by atoms with Crippen LogP contribution in [-0.4, -0.2) is 0 Å². The van der Waals surface area contributed by atoms with E-state index in [2.05, 4.69) is 51.1 Å². The van der Waals surface area contributed by atoms with Crippen LogP contribution in [0.3, 0.4) is 0 Å². The van der Waals surface area contributed by atoms with E-state index in [1.165, 1.54) is 56.9 Å². The maximum Gasteiger partial charge on any atom is -0.0190 e. The lowest BCUT2D eigenvalue weighted by Crippen LogP contribution is -1.94. The first-order chi connectivity index (χ1) is 9.24. The van der Waals surface area contributed by atoms with Crippen molar-refractivity contribution in [2.24, 2.45) is 5.92 Å². The van der Waals surface area contributed by atoms with Crippen LogP contribution in [0.4, 0.5) is 0 Å². The van der Waals surface area contributed by atoms with Crippen LogP contribution < -0.4 is 0 Å². The molecule has 0 fully saturated rings. The van der Waals surface area contributed by atoms with E-state index in [9.17, 15) is 0 Å². The molecule has 2 unspecified atom stereocenters.